The number of nitrogens with zero attached hydrogens (tertiary/aromatic N) is 2. The maximum atomic E-state index is 11.5. The molecule has 0 radical (unpaired) electrons. The van der Waals surface area contributed by atoms with Crippen LogP contribution in [0, 0.1) is 5.41 Å². The van der Waals surface area contributed by atoms with Gasteiger partial charge in [-0.05, 0) is 38.0 Å². The number of carbonyl (C=O) groups is 1. The maximum absolute atomic E-state index is 11.5. The zero-order chi connectivity index (χ0) is 14.7. The molecule has 21 heavy (non-hydrogen) atoms. The van der Waals surface area contributed by atoms with Gasteiger partial charge in [0.05, 0.1) is 18.7 Å². The molecule has 1 spiro atoms. The third kappa shape index (κ3) is 3.39. The molecule has 0 N–H and O–H groups in total. The second-order valence-electron chi connectivity index (χ2n) is 6.30. The van der Waals surface area contributed by atoms with E-state index in [-0.39, 0.29) is 5.97 Å². The van der Waals surface area contributed by atoms with Gasteiger partial charge in [-0.15, -0.1) is 11.3 Å². The minimum atomic E-state index is -0.182. The quantitative estimate of drug-likeness (QED) is 0.799. The molecule has 0 atom stereocenters. The van der Waals surface area contributed by atoms with Crippen molar-refractivity contribution in [3.8, 4) is 0 Å². The number of ether oxygens (including phenoxy) is 1. The lowest BCUT2D eigenvalue weighted by Crippen LogP contribution is -2.38. The third-order valence-corrected chi connectivity index (χ3v) is 5.88. The van der Waals surface area contributed by atoms with Crippen LogP contribution in [0.1, 0.15) is 51.1 Å². The van der Waals surface area contributed by atoms with Gasteiger partial charge in [0.15, 0.2) is 5.13 Å². The molecule has 1 aromatic rings. The van der Waals surface area contributed by atoms with E-state index in [2.05, 4.69) is 9.88 Å². The number of esters is 1. The summed E-state index contributed by atoms with van der Waals surface area (Å²) in [5.74, 6) is -0.182. The van der Waals surface area contributed by atoms with Crippen molar-refractivity contribution >= 4 is 22.4 Å². The van der Waals surface area contributed by atoms with Crippen LogP contribution in [0.4, 0.5) is 5.13 Å². The average Bonchev–Trinajstić information content (AvgIpc) is 3.11. The van der Waals surface area contributed by atoms with E-state index in [1.807, 2.05) is 12.3 Å². The fraction of sp³-hybridized carbons (Fsp3) is 0.750. The van der Waals surface area contributed by atoms with Crippen molar-refractivity contribution in [2.24, 2.45) is 5.41 Å². The maximum Gasteiger partial charge on any atom is 0.311 e. The number of hydrogen-bond donors (Lipinski definition) is 0. The molecule has 1 aliphatic heterocycles. The predicted octanol–water partition coefficient (Wildman–Crippen LogP) is 3.41. The molecular formula is C16H24N2O2S. The first-order chi connectivity index (χ1) is 10.2. The Morgan fingerprint density at radius 2 is 2.05 bits per heavy atom. The van der Waals surface area contributed by atoms with E-state index < -0.39 is 0 Å². The Balaban J connectivity index is 1.56. The normalized spacial score (nSPS) is 20.9. The highest BCUT2D eigenvalue weighted by molar-refractivity contribution is 7.13. The summed E-state index contributed by atoms with van der Waals surface area (Å²) in [4.78, 5) is 18.5. The Labute approximate surface area is 130 Å². The molecule has 0 amide bonds. The van der Waals surface area contributed by atoms with Crippen LogP contribution in [-0.2, 0) is 16.0 Å². The second kappa shape index (κ2) is 6.34. The lowest BCUT2D eigenvalue weighted by Gasteiger charge is -2.39. The first kappa shape index (κ1) is 14.8. The molecule has 0 unspecified atom stereocenters. The summed E-state index contributed by atoms with van der Waals surface area (Å²) in [5, 5.41) is 3.06. The zero-order valence-corrected chi connectivity index (χ0v) is 13.6. The number of aromatic nitrogens is 1. The largest absolute Gasteiger partial charge is 0.466 e. The topological polar surface area (TPSA) is 42.4 Å². The van der Waals surface area contributed by atoms with Gasteiger partial charge in [-0.3, -0.25) is 4.79 Å². The molecule has 0 bridgehead atoms. The van der Waals surface area contributed by atoms with Gasteiger partial charge in [-0.25, -0.2) is 4.98 Å². The Morgan fingerprint density at radius 1 is 1.33 bits per heavy atom. The Bertz CT molecular complexity index is 484. The van der Waals surface area contributed by atoms with E-state index in [1.165, 1.54) is 38.5 Å². The first-order valence-electron chi connectivity index (χ1n) is 8.06. The van der Waals surface area contributed by atoms with E-state index in [4.69, 9.17) is 4.74 Å². The lowest BCUT2D eigenvalue weighted by molar-refractivity contribution is -0.142. The smallest absolute Gasteiger partial charge is 0.311 e. The van der Waals surface area contributed by atoms with Crippen molar-refractivity contribution in [2.45, 2.75) is 51.9 Å². The van der Waals surface area contributed by atoms with E-state index in [0.717, 1.165) is 23.9 Å². The zero-order valence-electron chi connectivity index (χ0n) is 12.8. The highest BCUT2D eigenvalue weighted by Crippen LogP contribution is 2.46. The number of anilines is 1. The van der Waals surface area contributed by atoms with Gasteiger partial charge >= 0.3 is 5.97 Å². The summed E-state index contributed by atoms with van der Waals surface area (Å²) in [6.45, 7) is 4.50. The minimum absolute atomic E-state index is 0.182. The molecule has 2 heterocycles. The third-order valence-electron chi connectivity index (χ3n) is 4.93. The SMILES string of the molecule is CCOC(=O)Cc1csc(N2CCC3(CCCC3)CC2)n1. The van der Waals surface area contributed by atoms with Gasteiger partial charge in [0.1, 0.15) is 0 Å². The van der Waals surface area contributed by atoms with Gasteiger partial charge < -0.3 is 9.64 Å². The fourth-order valence-electron chi connectivity index (χ4n) is 3.68. The van der Waals surface area contributed by atoms with E-state index >= 15 is 0 Å². The molecule has 1 aliphatic carbocycles. The minimum Gasteiger partial charge on any atom is -0.466 e. The summed E-state index contributed by atoms with van der Waals surface area (Å²) in [5.41, 5.74) is 1.48. The Morgan fingerprint density at radius 3 is 2.71 bits per heavy atom. The van der Waals surface area contributed by atoms with Crippen LogP contribution in [0.5, 0.6) is 0 Å². The summed E-state index contributed by atoms with van der Waals surface area (Å²) in [6, 6.07) is 0. The number of carbonyl (C=O) groups excluding carboxylic acids is 1. The van der Waals surface area contributed by atoms with Crippen molar-refractivity contribution in [3.63, 3.8) is 0 Å². The Kier molecular flexibility index (Phi) is 4.48. The molecule has 1 saturated heterocycles. The van der Waals surface area contributed by atoms with Crippen LogP contribution in [0.25, 0.3) is 0 Å². The van der Waals surface area contributed by atoms with Crippen LogP contribution >= 0.6 is 11.3 Å². The molecule has 0 aromatic carbocycles. The van der Waals surface area contributed by atoms with Gasteiger partial charge in [0.2, 0.25) is 0 Å². The average molecular weight is 308 g/mol. The Hall–Kier alpha value is -1.10. The molecule has 1 saturated carbocycles. The van der Waals surface area contributed by atoms with Gasteiger partial charge in [0.25, 0.3) is 0 Å². The molecule has 2 fully saturated rings. The van der Waals surface area contributed by atoms with Crippen molar-refractivity contribution in [1.29, 1.82) is 0 Å². The van der Waals surface area contributed by atoms with Crippen LogP contribution in [0.2, 0.25) is 0 Å². The standard InChI is InChI=1S/C16H24N2O2S/c1-2-20-14(19)11-13-12-21-15(17-13)18-9-7-16(8-10-18)5-3-4-6-16/h12H,2-11H2,1H3. The molecule has 116 valence electrons. The van der Waals surface area contributed by atoms with Crippen LogP contribution < -0.4 is 4.90 Å². The number of thiazole rings is 1. The van der Waals surface area contributed by atoms with Crippen molar-refractivity contribution < 1.29 is 9.53 Å². The second-order valence-corrected chi connectivity index (χ2v) is 7.13. The predicted molar refractivity (Wildman–Crippen MR) is 84.8 cm³/mol. The molecule has 1 aromatic heterocycles. The summed E-state index contributed by atoms with van der Waals surface area (Å²) in [7, 11) is 0. The molecule has 2 aliphatic rings. The molecule has 3 rings (SSSR count). The lowest BCUT2D eigenvalue weighted by atomic mass is 9.77. The van der Waals surface area contributed by atoms with Crippen molar-refractivity contribution in [1.82, 2.24) is 4.98 Å². The molecule has 5 heteroatoms. The number of rotatable bonds is 4. The van der Waals surface area contributed by atoms with Crippen LogP contribution in [0.3, 0.4) is 0 Å². The van der Waals surface area contributed by atoms with Gasteiger partial charge in [-0.1, -0.05) is 12.8 Å². The van der Waals surface area contributed by atoms with E-state index in [0.29, 0.717) is 18.4 Å². The number of hydrogen-bond acceptors (Lipinski definition) is 5. The summed E-state index contributed by atoms with van der Waals surface area (Å²) in [6.07, 6.45) is 8.59. The summed E-state index contributed by atoms with van der Waals surface area (Å²) >= 11 is 1.65. The van der Waals surface area contributed by atoms with Crippen molar-refractivity contribution in [2.75, 3.05) is 24.6 Å². The van der Waals surface area contributed by atoms with Crippen LogP contribution in [-0.4, -0.2) is 30.6 Å². The first-order valence-corrected chi connectivity index (χ1v) is 8.94. The monoisotopic (exact) mass is 308 g/mol. The van der Waals surface area contributed by atoms with Gasteiger partial charge in [0, 0.05) is 18.5 Å². The van der Waals surface area contributed by atoms with E-state index in [9.17, 15) is 4.79 Å². The number of piperidine rings is 1. The van der Waals surface area contributed by atoms with Crippen LogP contribution in [0.15, 0.2) is 5.38 Å². The fourth-order valence-corrected chi connectivity index (χ4v) is 4.56. The highest BCUT2D eigenvalue weighted by atomic mass is 32.1. The molecular weight excluding hydrogens is 284 g/mol. The van der Waals surface area contributed by atoms with Crippen molar-refractivity contribution in [3.05, 3.63) is 11.1 Å². The van der Waals surface area contributed by atoms with E-state index in [1.54, 1.807) is 11.3 Å². The van der Waals surface area contributed by atoms with Gasteiger partial charge in [-0.2, -0.15) is 0 Å². The summed E-state index contributed by atoms with van der Waals surface area (Å²) < 4.78 is 4.98. The molecule has 4 nitrogen and oxygen atoms in total. The highest BCUT2D eigenvalue weighted by Gasteiger charge is 2.37.